The lowest BCUT2D eigenvalue weighted by Crippen LogP contribution is -2.15. The van der Waals surface area contributed by atoms with Crippen LogP contribution in [0.1, 0.15) is 5.82 Å². The Morgan fingerprint density at radius 1 is 0.862 bits per heavy atom. The molecule has 0 saturated carbocycles. The molecule has 3 aromatic heterocycles. The van der Waals surface area contributed by atoms with Gasteiger partial charge in [-0.05, 0) is 46.9 Å². The molecule has 0 aliphatic carbocycles. The van der Waals surface area contributed by atoms with E-state index >= 15 is 0 Å². The molecule has 5 aromatic rings. The van der Waals surface area contributed by atoms with Gasteiger partial charge in [0.05, 0.1) is 10.9 Å². The summed E-state index contributed by atoms with van der Waals surface area (Å²) in [6.07, 6.45) is 10.5. The third-order valence-corrected chi connectivity index (χ3v) is 4.84. The van der Waals surface area contributed by atoms with Crippen molar-refractivity contribution in [2.45, 2.75) is 0 Å². The number of nitrogens with zero attached hydrogens (tertiary/aromatic N) is 4. The van der Waals surface area contributed by atoms with E-state index in [0.29, 0.717) is 11.2 Å². The molecule has 0 amide bonds. The molecule has 0 saturated heterocycles. The van der Waals surface area contributed by atoms with Crippen LogP contribution >= 0.6 is 0 Å². The van der Waals surface area contributed by atoms with Crippen LogP contribution in [-0.2, 0) is 0 Å². The van der Waals surface area contributed by atoms with E-state index in [2.05, 4.69) is 15.0 Å². The van der Waals surface area contributed by atoms with Crippen LogP contribution in [0.4, 0.5) is 0 Å². The number of para-hydroxylation sites is 1. The summed E-state index contributed by atoms with van der Waals surface area (Å²) in [4.78, 5) is 26.2. The van der Waals surface area contributed by atoms with Crippen LogP contribution < -0.4 is 5.56 Å². The first-order valence-corrected chi connectivity index (χ1v) is 9.24. The first-order chi connectivity index (χ1) is 14.3. The third-order valence-electron chi connectivity index (χ3n) is 4.84. The molecule has 0 aliphatic heterocycles. The van der Waals surface area contributed by atoms with Gasteiger partial charge in [0.25, 0.3) is 5.56 Å². The first kappa shape index (κ1) is 17.0. The maximum atomic E-state index is 13.2. The second-order valence-corrected chi connectivity index (χ2v) is 6.64. The molecule has 3 heterocycles. The summed E-state index contributed by atoms with van der Waals surface area (Å²) in [6.45, 7) is 0. The summed E-state index contributed by atoms with van der Waals surface area (Å²) >= 11 is 0. The highest BCUT2D eigenvalue weighted by molar-refractivity contribution is 5.96. The van der Waals surface area contributed by atoms with E-state index in [1.54, 1.807) is 41.6 Å². The normalized spacial score (nSPS) is 11.4. The minimum absolute atomic E-state index is 0.0908. The number of hydrogen-bond acceptors (Lipinski definition) is 4. The van der Waals surface area contributed by atoms with Crippen molar-refractivity contribution in [2.75, 3.05) is 0 Å². The van der Waals surface area contributed by atoms with Crippen molar-refractivity contribution >= 4 is 34.0 Å². The summed E-state index contributed by atoms with van der Waals surface area (Å²) in [6, 6.07) is 19.4. The van der Waals surface area contributed by atoms with Crippen molar-refractivity contribution in [3.63, 3.8) is 0 Å². The molecule has 138 valence electrons. The summed E-state index contributed by atoms with van der Waals surface area (Å²) in [7, 11) is 0. The Morgan fingerprint density at radius 2 is 1.69 bits per heavy atom. The lowest BCUT2D eigenvalue weighted by atomic mass is 10.0. The average Bonchev–Trinajstić information content (AvgIpc) is 2.79. The van der Waals surface area contributed by atoms with Gasteiger partial charge in [0, 0.05) is 36.4 Å². The standard InChI is InChI=1S/C24H16N4O/c29-24-23-18(5-3-6-20(23)17-8-12-25-13-9-17)10-14-28(24)15-11-22-26-16-19-4-1-2-7-21(19)27-22/h1-16H/b15-11+. The summed E-state index contributed by atoms with van der Waals surface area (Å²) in [5, 5.41) is 2.55. The monoisotopic (exact) mass is 376 g/mol. The van der Waals surface area contributed by atoms with Gasteiger partial charge in [-0.2, -0.15) is 0 Å². The number of rotatable bonds is 3. The van der Waals surface area contributed by atoms with E-state index < -0.39 is 0 Å². The zero-order valence-corrected chi connectivity index (χ0v) is 15.4. The number of pyridine rings is 2. The molecule has 0 fully saturated rings. The van der Waals surface area contributed by atoms with Crippen molar-refractivity contribution in [2.24, 2.45) is 0 Å². The SMILES string of the molecule is O=c1c2c(-c3ccncc3)cccc2ccn1/C=C/c1ncc2ccccc2n1. The molecule has 0 spiro atoms. The predicted molar refractivity (Wildman–Crippen MR) is 116 cm³/mol. The van der Waals surface area contributed by atoms with Gasteiger partial charge in [-0.3, -0.25) is 14.3 Å². The van der Waals surface area contributed by atoms with Gasteiger partial charge in [0.15, 0.2) is 5.82 Å². The maximum Gasteiger partial charge on any atom is 0.263 e. The number of aromatic nitrogens is 4. The Balaban J connectivity index is 1.61. The van der Waals surface area contributed by atoms with E-state index in [4.69, 9.17) is 0 Å². The minimum atomic E-state index is -0.0908. The molecular weight excluding hydrogens is 360 g/mol. The zero-order chi connectivity index (χ0) is 19.6. The lowest BCUT2D eigenvalue weighted by molar-refractivity contribution is 1.08. The maximum absolute atomic E-state index is 13.2. The van der Waals surface area contributed by atoms with Crippen LogP contribution in [0.5, 0.6) is 0 Å². The molecule has 5 nitrogen and oxygen atoms in total. The highest BCUT2D eigenvalue weighted by Crippen LogP contribution is 2.25. The van der Waals surface area contributed by atoms with Gasteiger partial charge in [-0.25, -0.2) is 9.97 Å². The van der Waals surface area contributed by atoms with Gasteiger partial charge < -0.3 is 0 Å². The van der Waals surface area contributed by atoms with Gasteiger partial charge >= 0.3 is 0 Å². The molecule has 0 atom stereocenters. The van der Waals surface area contributed by atoms with Crippen molar-refractivity contribution in [3.8, 4) is 11.1 Å². The Morgan fingerprint density at radius 3 is 2.59 bits per heavy atom. The molecule has 0 N–H and O–H groups in total. The fourth-order valence-corrected chi connectivity index (χ4v) is 3.41. The lowest BCUT2D eigenvalue weighted by Gasteiger charge is -2.08. The molecule has 2 aromatic carbocycles. The molecule has 5 rings (SSSR count). The van der Waals surface area contributed by atoms with Crippen LogP contribution in [0.15, 0.2) is 90.2 Å². The number of benzene rings is 2. The van der Waals surface area contributed by atoms with Crippen LogP contribution in [0.25, 0.3) is 45.1 Å². The molecule has 5 heteroatoms. The summed E-state index contributed by atoms with van der Waals surface area (Å²) in [5.41, 5.74) is 2.63. The van der Waals surface area contributed by atoms with E-state index in [9.17, 15) is 4.79 Å². The average molecular weight is 376 g/mol. The second kappa shape index (κ2) is 7.13. The Labute approximate surface area is 166 Å². The van der Waals surface area contributed by atoms with Gasteiger partial charge in [-0.1, -0.05) is 36.4 Å². The van der Waals surface area contributed by atoms with Gasteiger partial charge in [-0.15, -0.1) is 0 Å². The summed E-state index contributed by atoms with van der Waals surface area (Å²) < 4.78 is 1.56. The van der Waals surface area contributed by atoms with Gasteiger partial charge in [0.1, 0.15) is 0 Å². The molecule has 0 unspecified atom stereocenters. The van der Waals surface area contributed by atoms with Crippen molar-refractivity contribution in [3.05, 3.63) is 102 Å². The molecular formula is C24H16N4O. The summed E-state index contributed by atoms with van der Waals surface area (Å²) in [5.74, 6) is 0.554. The van der Waals surface area contributed by atoms with E-state index in [-0.39, 0.29) is 5.56 Å². The smallest absolute Gasteiger partial charge is 0.263 e. The second-order valence-electron chi connectivity index (χ2n) is 6.64. The highest BCUT2D eigenvalue weighted by Gasteiger charge is 2.08. The predicted octanol–water partition coefficient (Wildman–Crippen LogP) is 4.63. The van der Waals surface area contributed by atoms with E-state index in [0.717, 1.165) is 27.4 Å². The topological polar surface area (TPSA) is 60.7 Å². The quantitative estimate of drug-likeness (QED) is 0.460. The Hall–Kier alpha value is -4.12. The fourth-order valence-electron chi connectivity index (χ4n) is 3.41. The van der Waals surface area contributed by atoms with Crippen molar-refractivity contribution < 1.29 is 0 Å². The Bertz CT molecular complexity index is 1420. The largest absolute Gasteiger partial charge is 0.290 e. The Kier molecular flexibility index (Phi) is 4.18. The van der Waals surface area contributed by atoms with Crippen LogP contribution in [0.2, 0.25) is 0 Å². The first-order valence-electron chi connectivity index (χ1n) is 9.24. The fraction of sp³-hybridized carbons (Fsp3) is 0. The number of fused-ring (bicyclic) bond motifs is 2. The van der Waals surface area contributed by atoms with Gasteiger partial charge in [0.2, 0.25) is 0 Å². The molecule has 29 heavy (non-hydrogen) atoms. The van der Waals surface area contributed by atoms with Crippen molar-refractivity contribution in [1.29, 1.82) is 0 Å². The van der Waals surface area contributed by atoms with Crippen molar-refractivity contribution in [1.82, 2.24) is 19.5 Å². The molecule has 0 bridgehead atoms. The third kappa shape index (κ3) is 3.19. The van der Waals surface area contributed by atoms with Crippen LogP contribution in [0.3, 0.4) is 0 Å². The van der Waals surface area contributed by atoms with Crippen LogP contribution in [-0.4, -0.2) is 19.5 Å². The van der Waals surface area contributed by atoms with E-state index in [1.165, 1.54) is 0 Å². The highest BCUT2D eigenvalue weighted by atomic mass is 16.1. The van der Waals surface area contributed by atoms with E-state index in [1.807, 2.05) is 60.7 Å². The minimum Gasteiger partial charge on any atom is -0.290 e. The zero-order valence-electron chi connectivity index (χ0n) is 15.4. The molecule has 0 aliphatic rings. The van der Waals surface area contributed by atoms with Crippen LogP contribution in [0, 0.1) is 0 Å². The molecule has 0 radical (unpaired) electrons. The number of hydrogen-bond donors (Lipinski definition) is 0.